The highest BCUT2D eigenvalue weighted by molar-refractivity contribution is 8.02. The third-order valence-electron chi connectivity index (χ3n) is 5.03. The Balaban J connectivity index is 0.00000225. The van der Waals surface area contributed by atoms with E-state index in [4.69, 9.17) is 10.5 Å². The molecule has 2 N–H and O–H groups in total. The first-order valence-electron chi connectivity index (χ1n) is 8.61. The SMILES string of the molecule is CCOC(=O)C1C(C(=O)CCCN)SC23CC=CC=C2N=CCC13.Cl. The second kappa shape index (κ2) is 8.52. The zero-order chi connectivity index (χ0) is 17.2. The number of thioether (sulfide) groups is 1. The van der Waals surface area contributed by atoms with Gasteiger partial charge in [0.2, 0.25) is 0 Å². The molecule has 0 aromatic carbocycles. The van der Waals surface area contributed by atoms with Crippen LogP contribution in [0.15, 0.2) is 28.9 Å². The summed E-state index contributed by atoms with van der Waals surface area (Å²) in [5, 5.41) is -0.364. The zero-order valence-electron chi connectivity index (χ0n) is 14.3. The van der Waals surface area contributed by atoms with Gasteiger partial charge in [0.15, 0.2) is 0 Å². The highest BCUT2D eigenvalue weighted by Crippen LogP contribution is 2.60. The summed E-state index contributed by atoms with van der Waals surface area (Å²) in [7, 11) is 0. The molecule has 1 aliphatic carbocycles. The molecule has 4 atom stereocenters. The van der Waals surface area contributed by atoms with E-state index in [2.05, 4.69) is 11.1 Å². The van der Waals surface area contributed by atoms with Gasteiger partial charge >= 0.3 is 5.97 Å². The van der Waals surface area contributed by atoms with Crippen molar-refractivity contribution in [2.75, 3.05) is 13.2 Å². The average molecular weight is 385 g/mol. The molecule has 7 heteroatoms. The van der Waals surface area contributed by atoms with Gasteiger partial charge in [-0.2, -0.15) is 0 Å². The fourth-order valence-electron chi connectivity index (χ4n) is 3.95. The molecule has 4 unspecified atom stereocenters. The van der Waals surface area contributed by atoms with Crippen LogP contribution in [-0.4, -0.2) is 41.1 Å². The van der Waals surface area contributed by atoms with Crippen molar-refractivity contribution in [3.05, 3.63) is 23.9 Å². The Bertz CT molecular complexity index is 619. The molecule has 25 heavy (non-hydrogen) atoms. The summed E-state index contributed by atoms with van der Waals surface area (Å²) in [5.74, 6) is -0.479. The van der Waals surface area contributed by atoms with E-state index in [1.807, 2.05) is 18.4 Å². The molecule has 0 bridgehead atoms. The predicted octanol–water partition coefficient (Wildman–Crippen LogP) is 2.68. The maximum absolute atomic E-state index is 12.8. The quantitative estimate of drug-likeness (QED) is 0.712. The molecule has 138 valence electrons. The summed E-state index contributed by atoms with van der Waals surface area (Å²) in [6, 6.07) is 0. The molecule has 1 fully saturated rings. The Morgan fingerprint density at radius 2 is 2.28 bits per heavy atom. The maximum Gasteiger partial charge on any atom is 0.310 e. The smallest absolute Gasteiger partial charge is 0.310 e. The fraction of sp³-hybridized carbons (Fsp3) is 0.611. The van der Waals surface area contributed by atoms with Gasteiger partial charge in [-0.05, 0) is 44.7 Å². The molecule has 0 radical (unpaired) electrons. The lowest BCUT2D eigenvalue weighted by molar-refractivity contribution is -0.151. The normalized spacial score (nSPS) is 32.2. The molecule has 5 nitrogen and oxygen atoms in total. The van der Waals surface area contributed by atoms with Crippen molar-refractivity contribution in [1.29, 1.82) is 0 Å². The first-order chi connectivity index (χ1) is 11.6. The number of allylic oxidation sites excluding steroid dienone is 3. The van der Waals surface area contributed by atoms with Crippen molar-refractivity contribution in [2.45, 2.75) is 42.6 Å². The molecule has 1 spiro atoms. The number of ketones is 1. The van der Waals surface area contributed by atoms with Crippen LogP contribution in [0.5, 0.6) is 0 Å². The maximum atomic E-state index is 12.8. The molecule has 2 heterocycles. The molecular weight excluding hydrogens is 360 g/mol. The summed E-state index contributed by atoms with van der Waals surface area (Å²) in [5.41, 5.74) is 6.53. The van der Waals surface area contributed by atoms with Crippen LogP contribution in [0.1, 0.15) is 32.6 Å². The van der Waals surface area contributed by atoms with Crippen LogP contribution >= 0.6 is 24.2 Å². The van der Waals surface area contributed by atoms with Gasteiger partial charge in [-0.15, -0.1) is 24.2 Å². The number of hydrogen-bond acceptors (Lipinski definition) is 6. The topological polar surface area (TPSA) is 81.8 Å². The van der Waals surface area contributed by atoms with E-state index in [1.165, 1.54) is 0 Å². The van der Waals surface area contributed by atoms with Gasteiger partial charge in [0.1, 0.15) is 5.78 Å². The predicted molar refractivity (Wildman–Crippen MR) is 103 cm³/mol. The Morgan fingerprint density at radius 3 is 3.00 bits per heavy atom. The lowest BCUT2D eigenvalue weighted by Crippen LogP contribution is -2.41. The molecule has 0 saturated carbocycles. The third-order valence-corrected chi connectivity index (χ3v) is 6.94. The van der Waals surface area contributed by atoms with Crippen molar-refractivity contribution >= 4 is 42.1 Å². The second-order valence-corrected chi connectivity index (χ2v) is 7.87. The first-order valence-corrected chi connectivity index (χ1v) is 9.49. The molecule has 0 aromatic heterocycles. The van der Waals surface area contributed by atoms with Gasteiger partial charge in [0, 0.05) is 12.6 Å². The van der Waals surface area contributed by atoms with Crippen LogP contribution in [0.2, 0.25) is 0 Å². The van der Waals surface area contributed by atoms with Gasteiger partial charge in [-0.1, -0.05) is 12.2 Å². The number of carbonyl (C=O) groups excluding carboxylic acids is 2. The number of aliphatic imine (C=N–C) groups is 1. The van der Waals surface area contributed by atoms with Crippen LogP contribution in [0.3, 0.4) is 0 Å². The number of nitrogens with zero attached hydrogens (tertiary/aromatic N) is 1. The van der Waals surface area contributed by atoms with Crippen LogP contribution in [0, 0.1) is 11.8 Å². The van der Waals surface area contributed by atoms with E-state index in [1.54, 1.807) is 18.7 Å². The summed E-state index contributed by atoms with van der Waals surface area (Å²) in [6.45, 7) is 2.62. The molecule has 3 rings (SSSR count). The van der Waals surface area contributed by atoms with Gasteiger partial charge in [0.05, 0.1) is 28.2 Å². The minimum Gasteiger partial charge on any atom is -0.466 e. The second-order valence-electron chi connectivity index (χ2n) is 6.40. The van der Waals surface area contributed by atoms with E-state index in [-0.39, 0.29) is 40.1 Å². The summed E-state index contributed by atoms with van der Waals surface area (Å²) in [6.07, 6.45) is 10.6. The van der Waals surface area contributed by atoms with Crippen molar-refractivity contribution in [2.24, 2.45) is 22.6 Å². The van der Waals surface area contributed by atoms with E-state index < -0.39 is 5.92 Å². The number of hydrogen-bond donors (Lipinski definition) is 1. The van der Waals surface area contributed by atoms with Gasteiger partial charge in [-0.25, -0.2) is 0 Å². The van der Waals surface area contributed by atoms with Gasteiger partial charge < -0.3 is 10.5 Å². The van der Waals surface area contributed by atoms with Crippen LogP contribution < -0.4 is 5.73 Å². The van der Waals surface area contributed by atoms with Crippen molar-refractivity contribution in [1.82, 2.24) is 0 Å². The Kier molecular flexibility index (Phi) is 6.88. The highest BCUT2D eigenvalue weighted by atomic mass is 35.5. The van der Waals surface area contributed by atoms with E-state index >= 15 is 0 Å². The number of esters is 1. The van der Waals surface area contributed by atoms with Crippen molar-refractivity contribution in [3.63, 3.8) is 0 Å². The Morgan fingerprint density at radius 1 is 1.48 bits per heavy atom. The Hall–Kier alpha value is -1.11. The average Bonchev–Trinajstić information content (AvgIpc) is 2.93. The molecule has 0 aromatic rings. The monoisotopic (exact) mass is 384 g/mol. The molecule has 1 saturated heterocycles. The Labute approximate surface area is 158 Å². The van der Waals surface area contributed by atoms with Gasteiger partial charge in [0.25, 0.3) is 0 Å². The van der Waals surface area contributed by atoms with E-state index in [0.29, 0.717) is 32.4 Å². The lowest BCUT2D eigenvalue weighted by Gasteiger charge is -2.38. The zero-order valence-corrected chi connectivity index (χ0v) is 16.0. The number of Topliss-reactive ketones (excluding diaryl/α,β-unsaturated/α-hetero) is 1. The fourth-order valence-corrected chi connectivity index (χ4v) is 5.95. The van der Waals surface area contributed by atoms with Crippen LogP contribution in [0.4, 0.5) is 0 Å². The summed E-state index contributed by atoms with van der Waals surface area (Å²) >= 11 is 1.62. The third kappa shape index (κ3) is 3.57. The molecule has 0 amide bonds. The number of ether oxygens (including phenoxy) is 1. The lowest BCUT2D eigenvalue weighted by atomic mass is 9.72. The van der Waals surface area contributed by atoms with Crippen LogP contribution in [0.25, 0.3) is 0 Å². The largest absolute Gasteiger partial charge is 0.466 e. The highest BCUT2D eigenvalue weighted by Gasteiger charge is 2.61. The molecule has 2 aliphatic heterocycles. The number of halogens is 1. The first kappa shape index (κ1) is 20.2. The van der Waals surface area contributed by atoms with Crippen molar-refractivity contribution < 1.29 is 14.3 Å². The summed E-state index contributed by atoms with van der Waals surface area (Å²) in [4.78, 5) is 30.0. The number of rotatable bonds is 6. The van der Waals surface area contributed by atoms with Gasteiger partial charge in [-0.3, -0.25) is 14.6 Å². The minimum absolute atomic E-state index is 0. The van der Waals surface area contributed by atoms with E-state index in [0.717, 1.165) is 12.1 Å². The number of nitrogens with two attached hydrogens (primary N) is 1. The number of carbonyl (C=O) groups is 2. The standard InChI is InChI=1S/C18H24N2O3S.ClH/c1-2-23-17(22)15-12-8-11-20-14-7-3-4-9-18(12,14)24-16(15)13(21)6-5-10-19;/h3-4,7,11-12,15-16H,2,5-6,8-10,19H2,1H3;1H. The summed E-state index contributed by atoms with van der Waals surface area (Å²) < 4.78 is 5.05. The molecular formula is C18H25ClN2O3S. The minimum atomic E-state index is -0.401. The van der Waals surface area contributed by atoms with E-state index in [9.17, 15) is 9.59 Å². The molecule has 3 aliphatic rings. The van der Waals surface area contributed by atoms with Crippen molar-refractivity contribution in [3.8, 4) is 0 Å². The van der Waals surface area contributed by atoms with Crippen LogP contribution in [-0.2, 0) is 14.3 Å².